The highest BCUT2D eigenvalue weighted by molar-refractivity contribution is 5.80. The number of ether oxygens (including phenoxy) is 1. The van der Waals surface area contributed by atoms with Gasteiger partial charge in [0.1, 0.15) is 5.75 Å². The van der Waals surface area contributed by atoms with Crippen LogP contribution in [0.2, 0.25) is 0 Å². The van der Waals surface area contributed by atoms with Crippen molar-refractivity contribution in [3.05, 3.63) is 54.6 Å². The van der Waals surface area contributed by atoms with Crippen LogP contribution in [0.5, 0.6) is 5.75 Å². The molecule has 0 aliphatic carbocycles. The number of hydrogen-bond donors (Lipinski definition) is 2. The van der Waals surface area contributed by atoms with E-state index in [1.807, 2.05) is 56.4 Å². The largest absolute Gasteiger partial charge is 0.481 e. The molecule has 4 nitrogen and oxygen atoms in total. The molecule has 2 N–H and O–H groups in total. The lowest BCUT2D eigenvalue weighted by Crippen LogP contribution is -2.42. The average Bonchev–Trinajstić information content (AvgIpc) is 2.60. The van der Waals surface area contributed by atoms with E-state index in [0.29, 0.717) is 12.3 Å². The Hall–Kier alpha value is -2.33. The fourth-order valence-corrected chi connectivity index (χ4v) is 2.11. The molecule has 0 aromatic heterocycles. The molecule has 122 valence electrons. The molecule has 2 aromatic carbocycles. The third-order valence-electron chi connectivity index (χ3n) is 3.72. The zero-order valence-corrected chi connectivity index (χ0v) is 13.9. The van der Waals surface area contributed by atoms with Gasteiger partial charge in [-0.1, -0.05) is 42.5 Å². The SMILES string of the molecule is CNC(C)CNC(=O)C(C)Oc1ccc(-c2ccccc2)cc1. The number of amides is 1. The van der Waals surface area contributed by atoms with Crippen LogP contribution in [0.4, 0.5) is 0 Å². The van der Waals surface area contributed by atoms with Crippen LogP contribution in [0.25, 0.3) is 11.1 Å². The minimum atomic E-state index is -0.526. The van der Waals surface area contributed by atoms with Crippen LogP contribution >= 0.6 is 0 Å². The maximum atomic E-state index is 12.0. The first kappa shape index (κ1) is 17.0. The Labute approximate surface area is 137 Å². The van der Waals surface area contributed by atoms with Crippen LogP contribution in [0.15, 0.2) is 54.6 Å². The van der Waals surface area contributed by atoms with E-state index in [0.717, 1.165) is 11.1 Å². The van der Waals surface area contributed by atoms with Gasteiger partial charge in [-0.25, -0.2) is 0 Å². The van der Waals surface area contributed by atoms with E-state index < -0.39 is 6.10 Å². The summed E-state index contributed by atoms with van der Waals surface area (Å²) in [5.74, 6) is 0.577. The number of hydrogen-bond acceptors (Lipinski definition) is 3. The quantitative estimate of drug-likeness (QED) is 0.826. The van der Waals surface area contributed by atoms with Gasteiger partial charge in [0.15, 0.2) is 6.10 Å². The monoisotopic (exact) mass is 312 g/mol. The van der Waals surface area contributed by atoms with E-state index >= 15 is 0 Å². The maximum absolute atomic E-state index is 12.0. The van der Waals surface area contributed by atoms with E-state index in [1.165, 1.54) is 0 Å². The highest BCUT2D eigenvalue weighted by atomic mass is 16.5. The normalized spacial score (nSPS) is 13.2. The van der Waals surface area contributed by atoms with Crippen molar-refractivity contribution in [3.8, 4) is 16.9 Å². The molecule has 4 heteroatoms. The lowest BCUT2D eigenvalue weighted by Gasteiger charge is -2.17. The average molecular weight is 312 g/mol. The van der Waals surface area contributed by atoms with Gasteiger partial charge >= 0.3 is 0 Å². The van der Waals surface area contributed by atoms with Crippen molar-refractivity contribution in [1.29, 1.82) is 0 Å². The minimum Gasteiger partial charge on any atom is -0.481 e. The molecule has 0 saturated heterocycles. The van der Waals surface area contributed by atoms with Crippen LogP contribution in [-0.2, 0) is 4.79 Å². The zero-order chi connectivity index (χ0) is 16.7. The molecule has 0 fully saturated rings. The summed E-state index contributed by atoms with van der Waals surface area (Å²) in [4.78, 5) is 12.0. The minimum absolute atomic E-state index is 0.112. The Bertz CT molecular complexity index is 611. The van der Waals surface area contributed by atoms with Crippen molar-refractivity contribution in [2.45, 2.75) is 26.0 Å². The fourth-order valence-electron chi connectivity index (χ4n) is 2.11. The molecule has 2 rings (SSSR count). The predicted octanol–water partition coefficient (Wildman–Crippen LogP) is 2.85. The lowest BCUT2D eigenvalue weighted by atomic mass is 10.1. The van der Waals surface area contributed by atoms with Gasteiger partial charge in [-0.2, -0.15) is 0 Å². The van der Waals surface area contributed by atoms with Crippen molar-refractivity contribution in [1.82, 2.24) is 10.6 Å². The summed E-state index contributed by atoms with van der Waals surface area (Å²) in [5, 5.41) is 5.94. The summed E-state index contributed by atoms with van der Waals surface area (Å²) < 4.78 is 5.70. The van der Waals surface area contributed by atoms with Crippen LogP contribution in [0, 0.1) is 0 Å². The number of carbonyl (C=O) groups excluding carboxylic acids is 1. The van der Waals surface area contributed by atoms with Gasteiger partial charge < -0.3 is 15.4 Å². The topological polar surface area (TPSA) is 50.4 Å². The highest BCUT2D eigenvalue weighted by Gasteiger charge is 2.14. The lowest BCUT2D eigenvalue weighted by molar-refractivity contribution is -0.127. The maximum Gasteiger partial charge on any atom is 0.260 e. The molecule has 1 amide bonds. The van der Waals surface area contributed by atoms with Gasteiger partial charge in [-0.15, -0.1) is 0 Å². The Morgan fingerprint density at radius 1 is 1.00 bits per heavy atom. The Kier molecular flexibility index (Phi) is 6.18. The molecule has 2 aromatic rings. The van der Waals surface area contributed by atoms with Crippen molar-refractivity contribution < 1.29 is 9.53 Å². The van der Waals surface area contributed by atoms with Gasteiger partial charge in [-0.3, -0.25) is 4.79 Å². The third-order valence-corrected chi connectivity index (χ3v) is 3.72. The van der Waals surface area contributed by atoms with E-state index in [4.69, 9.17) is 4.74 Å². The molecule has 0 heterocycles. The highest BCUT2D eigenvalue weighted by Crippen LogP contribution is 2.22. The van der Waals surface area contributed by atoms with Gasteiger partial charge in [0.05, 0.1) is 0 Å². The van der Waals surface area contributed by atoms with Crippen LogP contribution in [0.3, 0.4) is 0 Å². The molecule has 2 atom stereocenters. The molecule has 0 radical (unpaired) electrons. The number of carbonyl (C=O) groups is 1. The summed E-state index contributed by atoms with van der Waals surface area (Å²) in [6.45, 7) is 4.34. The second-order valence-electron chi connectivity index (χ2n) is 5.59. The third kappa shape index (κ3) is 5.11. The van der Waals surface area contributed by atoms with Crippen molar-refractivity contribution in [3.63, 3.8) is 0 Å². The number of nitrogens with one attached hydrogen (secondary N) is 2. The van der Waals surface area contributed by atoms with Gasteiger partial charge in [0.2, 0.25) is 0 Å². The number of benzene rings is 2. The molecule has 0 bridgehead atoms. The standard InChI is InChI=1S/C19H24N2O2/c1-14(20-3)13-21-19(22)15(2)23-18-11-9-17(10-12-18)16-7-5-4-6-8-16/h4-12,14-15,20H,13H2,1-3H3,(H,21,22). The molecule has 0 aliphatic rings. The molecule has 0 spiro atoms. The van der Waals surface area contributed by atoms with Crippen molar-refractivity contribution in [2.24, 2.45) is 0 Å². The van der Waals surface area contributed by atoms with Crippen LogP contribution in [0.1, 0.15) is 13.8 Å². The Morgan fingerprint density at radius 3 is 2.22 bits per heavy atom. The second kappa shape index (κ2) is 8.34. The van der Waals surface area contributed by atoms with Crippen molar-refractivity contribution >= 4 is 5.91 Å². The molecule has 0 saturated carbocycles. The summed E-state index contributed by atoms with van der Waals surface area (Å²) in [5.41, 5.74) is 2.28. The number of likely N-dealkylation sites (N-methyl/N-ethyl adjacent to an activating group) is 1. The van der Waals surface area contributed by atoms with Gasteiger partial charge in [0, 0.05) is 12.6 Å². The van der Waals surface area contributed by atoms with E-state index in [9.17, 15) is 4.79 Å². The molecule has 2 unspecified atom stereocenters. The molecule has 23 heavy (non-hydrogen) atoms. The van der Waals surface area contributed by atoms with E-state index in [1.54, 1.807) is 6.92 Å². The molecular formula is C19H24N2O2. The first-order valence-corrected chi connectivity index (χ1v) is 7.87. The fraction of sp³-hybridized carbons (Fsp3) is 0.316. The van der Waals surface area contributed by atoms with Gasteiger partial charge in [-0.05, 0) is 44.2 Å². The van der Waals surface area contributed by atoms with E-state index in [2.05, 4.69) is 22.8 Å². The Balaban J connectivity index is 1.91. The first-order valence-electron chi connectivity index (χ1n) is 7.87. The molecule has 0 aliphatic heterocycles. The predicted molar refractivity (Wildman–Crippen MR) is 93.5 cm³/mol. The van der Waals surface area contributed by atoms with Gasteiger partial charge in [0.25, 0.3) is 5.91 Å². The summed E-state index contributed by atoms with van der Waals surface area (Å²) in [7, 11) is 1.87. The van der Waals surface area contributed by atoms with Crippen LogP contribution in [-0.4, -0.2) is 31.6 Å². The summed E-state index contributed by atoms with van der Waals surface area (Å²) in [6.07, 6.45) is -0.526. The molecular weight excluding hydrogens is 288 g/mol. The Morgan fingerprint density at radius 2 is 1.61 bits per heavy atom. The first-order chi connectivity index (χ1) is 11.1. The smallest absolute Gasteiger partial charge is 0.260 e. The summed E-state index contributed by atoms with van der Waals surface area (Å²) >= 11 is 0. The van der Waals surface area contributed by atoms with Crippen molar-refractivity contribution in [2.75, 3.05) is 13.6 Å². The zero-order valence-electron chi connectivity index (χ0n) is 13.9. The summed E-state index contributed by atoms with van der Waals surface area (Å²) in [6, 6.07) is 18.2. The van der Waals surface area contributed by atoms with E-state index in [-0.39, 0.29) is 11.9 Å². The van der Waals surface area contributed by atoms with Crippen LogP contribution < -0.4 is 15.4 Å². The second-order valence-corrected chi connectivity index (χ2v) is 5.59. The number of rotatable bonds is 7.